The molecule has 17 heavy (non-hydrogen) atoms. The van der Waals surface area contributed by atoms with E-state index in [1.54, 1.807) is 12.4 Å². The quantitative estimate of drug-likeness (QED) is 0.853. The number of hydrogen-bond acceptors (Lipinski definition) is 3. The summed E-state index contributed by atoms with van der Waals surface area (Å²) in [6.45, 7) is 8.27. The van der Waals surface area contributed by atoms with E-state index in [-0.39, 0.29) is 17.2 Å². The summed E-state index contributed by atoms with van der Waals surface area (Å²) in [5.41, 5.74) is 0.621. The summed E-state index contributed by atoms with van der Waals surface area (Å²) in [5.74, 6) is 1.57. The lowest BCUT2D eigenvalue weighted by Crippen LogP contribution is -2.18. The lowest BCUT2D eigenvalue weighted by atomic mass is 9.96. The maximum atomic E-state index is 11.7. The first-order chi connectivity index (χ1) is 7.88. The number of anilines is 1. The standard InChI is InChI=1S/C13H19N3O/c1-8-5-10(8)11(17)16-9-6-14-12(15-7-9)13(2,3)4/h6-8,10H,5H2,1-4H3,(H,16,17)/t8-,10-/m0/s1. The van der Waals surface area contributed by atoms with Crippen LogP contribution in [0, 0.1) is 11.8 Å². The normalized spacial score (nSPS) is 23.3. The molecule has 0 bridgehead atoms. The molecule has 1 saturated carbocycles. The highest BCUT2D eigenvalue weighted by Crippen LogP contribution is 2.38. The van der Waals surface area contributed by atoms with Crippen molar-refractivity contribution in [1.29, 1.82) is 0 Å². The molecule has 1 aliphatic carbocycles. The van der Waals surface area contributed by atoms with Crippen LogP contribution in [0.3, 0.4) is 0 Å². The Morgan fingerprint density at radius 3 is 2.29 bits per heavy atom. The fourth-order valence-electron chi connectivity index (χ4n) is 1.70. The molecule has 1 N–H and O–H groups in total. The SMILES string of the molecule is C[C@H]1C[C@@H]1C(=O)Nc1cnc(C(C)(C)C)nc1. The molecule has 0 unspecified atom stereocenters. The van der Waals surface area contributed by atoms with Crippen molar-refractivity contribution in [3.8, 4) is 0 Å². The molecule has 0 aliphatic heterocycles. The van der Waals surface area contributed by atoms with E-state index in [4.69, 9.17) is 0 Å². The number of rotatable bonds is 2. The van der Waals surface area contributed by atoms with Crippen molar-refractivity contribution in [2.24, 2.45) is 11.8 Å². The van der Waals surface area contributed by atoms with Gasteiger partial charge in [0.25, 0.3) is 0 Å². The summed E-state index contributed by atoms with van der Waals surface area (Å²) in [7, 11) is 0. The average molecular weight is 233 g/mol. The third kappa shape index (κ3) is 2.81. The molecule has 1 fully saturated rings. The van der Waals surface area contributed by atoms with E-state index in [1.165, 1.54) is 0 Å². The first kappa shape index (κ1) is 12.0. The Kier molecular flexibility index (Phi) is 2.89. The van der Waals surface area contributed by atoms with Crippen LogP contribution in [0.4, 0.5) is 5.69 Å². The molecule has 4 heteroatoms. The molecule has 0 spiro atoms. The van der Waals surface area contributed by atoms with E-state index in [9.17, 15) is 4.79 Å². The zero-order valence-electron chi connectivity index (χ0n) is 10.8. The van der Waals surface area contributed by atoms with Crippen LogP contribution in [0.1, 0.15) is 39.9 Å². The number of nitrogens with one attached hydrogen (secondary N) is 1. The summed E-state index contributed by atoms with van der Waals surface area (Å²) in [6, 6.07) is 0. The van der Waals surface area contributed by atoms with Gasteiger partial charge in [0.1, 0.15) is 5.82 Å². The number of nitrogens with zero attached hydrogens (tertiary/aromatic N) is 2. The monoisotopic (exact) mass is 233 g/mol. The summed E-state index contributed by atoms with van der Waals surface area (Å²) in [5, 5.41) is 2.85. The molecule has 0 saturated heterocycles. The van der Waals surface area contributed by atoms with Crippen molar-refractivity contribution in [3.63, 3.8) is 0 Å². The zero-order chi connectivity index (χ0) is 12.6. The van der Waals surface area contributed by atoms with Gasteiger partial charge in [-0.15, -0.1) is 0 Å². The van der Waals surface area contributed by atoms with Crippen molar-refractivity contribution < 1.29 is 4.79 Å². The predicted molar refractivity (Wildman–Crippen MR) is 66.6 cm³/mol. The Bertz CT molecular complexity index is 419. The molecule has 0 aromatic carbocycles. The van der Waals surface area contributed by atoms with Gasteiger partial charge < -0.3 is 5.32 Å². The summed E-state index contributed by atoms with van der Waals surface area (Å²) >= 11 is 0. The second-order valence-electron chi connectivity index (χ2n) is 5.85. The number of carbonyl (C=O) groups is 1. The maximum Gasteiger partial charge on any atom is 0.227 e. The lowest BCUT2D eigenvalue weighted by Gasteiger charge is -2.16. The van der Waals surface area contributed by atoms with Gasteiger partial charge in [0.15, 0.2) is 0 Å². The molecule has 1 aliphatic rings. The van der Waals surface area contributed by atoms with E-state index >= 15 is 0 Å². The van der Waals surface area contributed by atoms with Gasteiger partial charge in [0, 0.05) is 11.3 Å². The third-order valence-electron chi connectivity index (χ3n) is 3.04. The van der Waals surface area contributed by atoms with E-state index in [0.717, 1.165) is 12.2 Å². The molecule has 4 nitrogen and oxygen atoms in total. The molecule has 92 valence electrons. The average Bonchev–Trinajstić information content (AvgIpc) is 2.95. The van der Waals surface area contributed by atoms with Crippen LogP contribution in [-0.2, 0) is 10.2 Å². The van der Waals surface area contributed by atoms with Gasteiger partial charge in [-0.25, -0.2) is 9.97 Å². The highest BCUT2D eigenvalue weighted by Gasteiger charge is 2.39. The summed E-state index contributed by atoms with van der Waals surface area (Å²) in [6.07, 6.45) is 4.35. The largest absolute Gasteiger partial charge is 0.323 e. The van der Waals surface area contributed by atoms with Crippen molar-refractivity contribution in [1.82, 2.24) is 9.97 Å². The van der Waals surface area contributed by atoms with Gasteiger partial charge in [-0.05, 0) is 12.3 Å². The second kappa shape index (κ2) is 4.09. The number of hydrogen-bond donors (Lipinski definition) is 1. The van der Waals surface area contributed by atoms with Crippen LogP contribution in [0.25, 0.3) is 0 Å². The van der Waals surface area contributed by atoms with E-state index in [1.807, 2.05) is 0 Å². The van der Waals surface area contributed by atoms with Crippen molar-refractivity contribution in [2.45, 2.75) is 39.5 Å². The van der Waals surface area contributed by atoms with Crippen LogP contribution in [0.5, 0.6) is 0 Å². The number of carbonyl (C=O) groups excluding carboxylic acids is 1. The number of amides is 1. The third-order valence-corrected chi connectivity index (χ3v) is 3.04. The smallest absolute Gasteiger partial charge is 0.227 e. The summed E-state index contributed by atoms with van der Waals surface area (Å²) < 4.78 is 0. The Labute approximate surface area is 102 Å². The van der Waals surface area contributed by atoms with Gasteiger partial charge in [-0.1, -0.05) is 27.7 Å². The van der Waals surface area contributed by atoms with E-state index < -0.39 is 0 Å². The molecule has 1 aromatic rings. The first-order valence-corrected chi connectivity index (χ1v) is 6.01. The minimum absolute atomic E-state index is 0.0620. The van der Waals surface area contributed by atoms with Crippen LogP contribution in [0.15, 0.2) is 12.4 Å². The Hall–Kier alpha value is -1.45. The topological polar surface area (TPSA) is 54.9 Å². The molecule has 1 amide bonds. The van der Waals surface area contributed by atoms with Gasteiger partial charge in [-0.3, -0.25) is 4.79 Å². The Morgan fingerprint density at radius 1 is 1.35 bits per heavy atom. The second-order valence-corrected chi connectivity index (χ2v) is 5.85. The highest BCUT2D eigenvalue weighted by molar-refractivity contribution is 5.94. The molecule has 0 radical (unpaired) electrons. The first-order valence-electron chi connectivity index (χ1n) is 6.01. The lowest BCUT2D eigenvalue weighted by molar-refractivity contribution is -0.117. The van der Waals surface area contributed by atoms with E-state index in [2.05, 4.69) is 43.0 Å². The van der Waals surface area contributed by atoms with Crippen molar-refractivity contribution in [3.05, 3.63) is 18.2 Å². The zero-order valence-corrected chi connectivity index (χ0v) is 10.8. The summed E-state index contributed by atoms with van der Waals surface area (Å²) in [4.78, 5) is 20.3. The predicted octanol–water partition coefficient (Wildman–Crippen LogP) is 2.37. The van der Waals surface area contributed by atoms with Crippen LogP contribution < -0.4 is 5.32 Å². The Balaban J connectivity index is 2.01. The van der Waals surface area contributed by atoms with Crippen LogP contribution >= 0.6 is 0 Å². The van der Waals surface area contributed by atoms with Gasteiger partial charge in [-0.2, -0.15) is 0 Å². The molecule has 1 aromatic heterocycles. The van der Waals surface area contributed by atoms with Crippen molar-refractivity contribution in [2.75, 3.05) is 5.32 Å². The minimum atomic E-state index is -0.0620. The van der Waals surface area contributed by atoms with Crippen molar-refractivity contribution >= 4 is 11.6 Å². The minimum Gasteiger partial charge on any atom is -0.323 e. The highest BCUT2D eigenvalue weighted by atomic mass is 16.2. The van der Waals surface area contributed by atoms with Gasteiger partial charge in [0.2, 0.25) is 5.91 Å². The fourth-order valence-corrected chi connectivity index (χ4v) is 1.70. The van der Waals surface area contributed by atoms with Crippen LogP contribution in [0.2, 0.25) is 0 Å². The number of aromatic nitrogens is 2. The molecule has 1 heterocycles. The van der Waals surface area contributed by atoms with E-state index in [0.29, 0.717) is 11.6 Å². The maximum absolute atomic E-state index is 11.7. The van der Waals surface area contributed by atoms with Gasteiger partial charge in [0.05, 0.1) is 18.1 Å². The fraction of sp³-hybridized carbons (Fsp3) is 0.615. The molecule has 2 atom stereocenters. The molecular weight excluding hydrogens is 214 g/mol. The Morgan fingerprint density at radius 2 is 1.88 bits per heavy atom. The molecule has 2 rings (SSSR count). The molecular formula is C13H19N3O. The van der Waals surface area contributed by atoms with Gasteiger partial charge >= 0.3 is 0 Å². The van der Waals surface area contributed by atoms with Crippen LogP contribution in [-0.4, -0.2) is 15.9 Å².